The molecular formula is C8H11O2+. The van der Waals surface area contributed by atoms with Crippen molar-refractivity contribution in [1.29, 1.82) is 0 Å². The summed E-state index contributed by atoms with van der Waals surface area (Å²) < 4.78 is 0. The lowest BCUT2D eigenvalue weighted by Crippen LogP contribution is -1.81. The largest absolute Gasteiger partial charge is 0.593 e. The molecule has 0 bridgehead atoms. The van der Waals surface area contributed by atoms with Crippen molar-refractivity contribution in [3.63, 3.8) is 0 Å². The Morgan fingerprint density at radius 3 is 2.30 bits per heavy atom. The minimum atomic E-state index is 0.272. The zero-order valence-electron chi connectivity index (χ0n) is 6.10. The lowest BCUT2D eigenvalue weighted by molar-refractivity contribution is 0.453. The van der Waals surface area contributed by atoms with Crippen molar-refractivity contribution in [3.8, 4) is 11.5 Å². The Labute approximate surface area is 59.7 Å². The highest BCUT2D eigenvalue weighted by Gasteiger charge is 2.05. The summed E-state index contributed by atoms with van der Waals surface area (Å²) in [7, 11) is 0. The Bertz CT molecular complexity index is 227. The summed E-state index contributed by atoms with van der Waals surface area (Å²) in [6.45, 7) is 3.64. The van der Waals surface area contributed by atoms with Crippen LogP contribution in [0.5, 0.6) is 11.5 Å². The van der Waals surface area contributed by atoms with Gasteiger partial charge < -0.3 is 10.2 Å². The second-order valence-electron chi connectivity index (χ2n) is 2.38. The van der Waals surface area contributed by atoms with Gasteiger partial charge in [-0.2, -0.15) is 0 Å². The van der Waals surface area contributed by atoms with Gasteiger partial charge in [-0.1, -0.05) is 0 Å². The summed E-state index contributed by atoms with van der Waals surface area (Å²) in [6.07, 6.45) is 0. The van der Waals surface area contributed by atoms with E-state index in [1.165, 1.54) is 0 Å². The van der Waals surface area contributed by atoms with E-state index in [0.29, 0.717) is 5.75 Å². The van der Waals surface area contributed by atoms with Crippen molar-refractivity contribution in [2.75, 3.05) is 0 Å². The normalized spacial score (nSPS) is 9.80. The molecule has 10 heavy (non-hydrogen) atoms. The Morgan fingerprint density at radius 2 is 1.80 bits per heavy atom. The Morgan fingerprint density at radius 1 is 1.20 bits per heavy atom. The maximum atomic E-state index is 9.14. The van der Waals surface area contributed by atoms with Gasteiger partial charge in [0.2, 0.25) is 0 Å². The van der Waals surface area contributed by atoms with E-state index >= 15 is 0 Å². The quantitative estimate of drug-likeness (QED) is 0.543. The van der Waals surface area contributed by atoms with Crippen LogP contribution in [0, 0.1) is 13.8 Å². The molecule has 54 valence electrons. The van der Waals surface area contributed by atoms with E-state index < -0.39 is 0 Å². The third-order valence-electron chi connectivity index (χ3n) is 1.76. The van der Waals surface area contributed by atoms with Crippen molar-refractivity contribution in [1.82, 2.24) is 0 Å². The molecule has 1 rings (SSSR count). The lowest BCUT2D eigenvalue weighted by Gasteiger charge is -2.00. The zero-order valence-corrected chi connectivity index (χ0v) is 6.10. The van der Waals surface area contributed by atoms with Crippen molar-refractivity contribution < 1.29 is 10.2 Å². The van der Waals surface area contributed by atoms with Crippen LogP contribution in [0.1, 0.15) is 11.1 Å². The van der Waals surface area contributed by atoms with Crippen LogP contribution in [-0.2, 0) is 0 Å². The predicted octanol–water partition coefficient (Wildman–Crippen LogP) is 1.45. The fourth-order valence-corrected chi connectivity index (χ4v) is 0.806. The number of phenols is 1. The first-order valence-corrected chi connectivity index (χ1v) is 3.13. The second kappa shape index (κ2) is 2.21. The molecule has 0 aliphatic carbocycles. The highest BCUT2D eigenvalue weighted by molar-refractivity contribution is 5.45. The summed E-state index contributed by atoms with van der Waals surface area (Å²) in [6, 6.07) is 3.14. The van der Waals surface area contributed by atoms with Crippen molar-refractivity contribution in [2.24, 2.45) is 0 Å². The molecule has 0 heterocycles. The van der Waals surface area contributed by atoms with E-state index in [0.717, 1.165) is 11.1 Å². The van der Waals surface area contributed by atoms with Crippen molar-refractivity contribution in [2.45, 2.75) is 13.8 Å². The number of hydrogen-bond acceptors (Lipinski definition) is 1. The molecule has 0 aliphatic rings. The SMILES string of the molecule is Cc1c(O)ccc([OH2+])c1C. The summed E-state index contributed by atoms with van der Waals surface area (Å²) in [5.41, 5.74) is 1.65. The molecule has 0 aliphatic heterocycles. The van der Waals surface area contributed by atoms with Gasteiger partial charge in [-0.15, -0.1) is 0 Å². The van der Waals surface area contributed by atoms with E-state index in [1.807, 2.05) is 13.8 Å². The molecule has 0 radical (unpaired) electrons. The Hall–Kier alpha value is -1.18. The average molecular weight is 139 g/mol. The molecule has 0 saturated carbocycles. The molecule has 2 heteroatoms. The summed E-state index contributed by atoms with van der Waals surface area (Å²) in [5.74, 6) is 0.754. The highest BCUT2D eigenvalue weighted by Crippen LogP contribution is 2.26. The monoisotopic (exact) mass is 139 g/mol. The molecule has 1 aromatic carbocycles. The first kappa shape index (κ1) is 6.93. The molecule has 3 N–H and O–H groups in total. The van der Waals surface area contributed by atoms with Crippen LogP contribution in [0.15, 0.2) is 12.1 Å². The summed E-state index contributed by atoms with van der Waals surface area (Å²) >= 11 is 0. The molecule has 2 nitrogen and oxygen atoms in total. The van der Waals surface area contributed by atoms with Gasteiger partial charge in [0, 0.05) is 11.6 Å². The third-order valence-corrected chi connectivity index (χ3v) is 1.76. The predicted molar refractivity (Wildman–Crippen MR) is 40.6 cm³/mol. The van der Waals surface area contributed by atoms with Crippen LogP contribution in [0.2, 0.25) is 0 Å². The van der Waals surface area contributed by atoms with Gasteiger partial charge in [-0.25, -0.2) is 0 Å². The molecule has 0 aromatic heterocycles. The molecule has 0 amide bonds. The van der Waals surface area contributed by atoms with Crippen molar-refractivity contribution >= 4 is 0 Å². The van der Waals surface area contributed by atoms with Gasteiger partial charge in [0.05, 0.1) is 5.56 Å². The number of rotatable bonds is 0. The van der Waals surface area contributed by atoms with E-state index in [1.54, 1.807) is 12.1 Å². The highest BCUT2D eigenvalue weighted by atomic mass is 16.3. The van der Waals surface area contributed by atoms with Gasteiger partial charge >= 0.3 is 0 Å². The number of benzene rings is 1. The average Bonchev–Trinajstić information content (AvgIpc) is 1.93. The third kappa shape index (κ3) is 0.923. The van der Waals surface area contributed by atoms with Crippen LogP contribution in [0.25, 0.3) is 0 Å². The molecular weight excluding hydrogens is 128 g/mol. The minimum absolute atomic E-state index is 0.272. The molecule has 0 saturated heterocycles. The van der Waals surface area contributed by atoms with Crippen LogP contribution in [0.4, 0.5) is 0 Å². The molecule has 1 aromatic rings. The van der Waals surface area contributed by atoms with Crippen LogP contribution < -0.4 is 0 Å². The maximum Gasteiger partial charge on any atom is 0.257 e. The molecule has 0 unspecified atom stereocenters. The van der Waals surface area contributed by atoms with Gasteiger partial charge in [-0.05, 0) is 19.9 Å². The van der Waals surface area contributed by atoms with E-state index in [-0.39, 0.29) is 5.75 Å². The van der Waals surface area contributed by atoms with Crippen LogP contribution >= 0.6 is 0 Å². The first-order valence-electron chi connectivity index (χ1n) is 3.13. The maximum absolute atomic E-state index is 9.14. The Kier molecular flexibility index (Phi) is 1.53. The number of aromatic hydroxyl groups is 1. The Balaban J connectivity index is 3.34. The van der Waals surface area contributed by atoms with E-state index in [9.17, 15) is 0 Å². The minimum Gasteiger partial charge on any atom is -0.593 e. The molecule has 0 fully saturated rings. The lowest BCUT2D eigenvalue weighted by atomic mass is 10.1. The van der Waals surface area contributed by atoms with Crippen LogP contribution in [0.3, 0.4) is 0 Å². The second-order valence-corrected chi connectivity index (χ2v) is 2.38. The molecule has 0 atom stereocenters. The number of hydrogen-bond donors (Lipinski definition) is 1. The van der Waals surface area contributed by atoms with Gasteiger partial charge in [-0.3, -0.25) is 0 Å². The zero-order chi connectivity index (χ0) is 7.72. The smallest absolute Gasteiger partial charge is 0.257 e. The fraction of sp³-hybridized carbons (Fsp3) is 0.250. The van der Waals surface area contributed by atoms with E-state index in [4.69, 9.17) is 10.2 Å². The number of phenolic OH excluding ortho intramolecular Hbond substituents is 1. The molecule has 0 spiro atoms. The summed E-state index contributed by atoms with van der Waals surface area (Å²) in [4.78, 5) is 0. The fourth-order valence-electron chi connectivity index (χ4n) is 0.806. The first-order chi connectivity index (χ1) is 4.63. The standard InChI is InChI=1S/C8H10O2/c1-5-6(2)8(10)4-3-7(5)9/h3-4,9-10H,1-2H3/p+1. The van der Waals surface area contributed by atoms with Gasteiger partial charge in [0.25, 0.3) is 5.75 Å². The topological polar surface area (TPSA) is 43.1 Å². The summed E-state index contributed by atoms with van der Waals surface area (Å²) in [5, 5.41) is 16.5. The van der Waals surface area contributed by atoms with Crippen molar-refractivity contribution in [3.05, 3.63) is 23.3 Å². The van der Waals surface area contributed by atoms with Crippen LogP contribution in [-0.4, -0.2) is 10.2 Å². The van der Waals surface area contributed by atoms with E-state index in [2.05, 4.69) is 0 Å². The van der Waals surface area contributed by atoms with Gasteiger partial charge in [0.15, 0.2) is 0 Å². The van der Waals surface area contributed by atoms with Gasteiger partial charge in [0.1, 0.15) is 5.75 Å².